The van der Waals surface area contributed by atoms with Crippen molar-refractivity contribution in [2.75, 3.05) is 19.8 Å². The maximum absolute atomic E-state index is 12.8. The number of unbranched alkanes of at least 4 members (excludes halogenated alkanes) is 4. The average molecular weight is 565 g/mol. The van der Waals surface area contributed by atoms with Crippen LogP contribution in [0.25, 0.3) is 0 Å². The number of rotatable bonds is 18. The van der Waals surface area contributed by atoms with Crippen molar-refractivity contribution in [1.82, 2.24) is 0 Å². The van der Waals surface area contributed by atoms with Crippen molar-refractivity contribution in [2.24, 2.45) is 0 Å². The van der Waals surface area contributed by atoms with Crippen LogP contribution in [0, 0.1) is 0 Å². The summed E-state index contributed by atoms with van der Waals surface area (Å²) in [6, 6.07) is 0. The molecule has 226 valence electrons. The summed E-state index contributed by atoms with van der Waals surface area (Å²) in [6.07, 6.45) is -5.47. The molecule has 1 aliphatic heterocycles. The van der Waals surface area contributed by atoms with Crippen LogP contribution in [-0.4, -0.2) is 102 Å². The number of aliphatic hydroxyl groups excluding tert-OH is 3. The largest absolute Gasteiger partial charge is 0.463 e. The Bertz CT molecular complexity index is 758. The Morgan fingerprint density at radius 1 is 0.769 bits per heavy atom. The molecule has 1 fully saturated rings. The van der Waals surface area contributed by atoms with Gasteiger partial charge in [0, 0.05) is 26.7 Å². The molecule has 0 amide bonds. The minimum Gasteiger partial charge on any atom is -0.463 e. The van der Waals surface area contributed by atoms with Crippen molar-refractivity contribution < 1.29 is 62.9 Å². The summed E-state index contributed by atoms with van der Waals surface area (Å²) in [7, 11) is 0. The lowest BCUT2D eigenvalue weighted by molar-refractivity contribution is -0.312. The molecule has 0 unspecified atom stereocenters. The van der Waals surface area contributed by atoms with E-state index in [9.17, 15) is 29.4 Å². The molecule has 1 aliphatic rings. The monoisotopic (exact) mass is 564 g/mol. The summed E-state index contributed by atoms with van der Waals surface area (Å²) in [6.45, 7) is 4.51. The summed E-state index contributed by atoms with van der Waals surface area (Å²) >= 11 is 0. The molecule has 3 N–H and O–H groups in total. The number of carbonyl (C=O) groups is 4. The van der Waals surface area contributed by atoms with Gasteiger partial charge in [-0.15, -0.1) is 0 Å². The Morgan fingerprint density at radius 3 is 1.82 bits per heavy atom. The van der Waals surface area contributed by atoms with Gasteiger partial charge in [0.25, 0.3) is 0 Å². The Balaban J connectivity index is 3.36. The predicted molar refractivity (Wildman–Crippen MR) is 134 cm³/mol. The molecule has 0 aromatic carbocycles. The first-order chi connectivity index (χ1) is 18.5. The van der Waals surface area contributed by atoms with Gasteiger partial charge >= 0.3 is 23.9 Å². The third-order valence-corrected chi connectivity index (χ3v) is 5.91. The van der Waals surface area contributed by atoms with Crippen molar-refractivity contribution in [3.8, 4) is 0 Å². The van der Waals surface area contributed by atoms with E-state index in [0.717, 1.165) is 39.5 Å². The highest BCUT2D eigenvalue weighted by Crippen LogP contribution is 2.31. The summed E-state index contributed by atoms with van der Waals surface area (Å²) in [5.74, 6) is -2.69. The fraction of sp³-hybridized carbons (Fsp3) is 0.846. The lowest BCUT2D eigenvalue weighted by Gasteiger charge is -2.44. The minimum absolute atomic E-state index is 0.0508. The van der Waals surface area contributed by atoms with E-state index >= 15 is 0 Å². The highest BCUT2D eigenvalue weighted by molar-refractivity contribution is 5.71. The smallest absolute Gasteiger partial charge is 0.306 e. The van der Waals surface area contributed by atoms with E-state index in [1.165, 1.54) is 0 Å². The molecular formula is C26H44O13. The van der Waals surface area contributed by atoms with Crippen molar-refractivity contribution in [2.45, 2.75) is 122 Å². The van der Waals surface area contributed by atoms with Crippen LogP contribution in [0.1, 0.15) is 79.1 Å². The first-order valence-corrected chi connectivity index (χ1v) is 13.5. The zero-order valence-electron chi connectivity index (χ0n) is 23.2. The Labute approximate surface area is 229 Å². The molecule has 0 aliphatic carbocycles. The molecule has 39 heavy (non-hydrogen) atoms. The Morgan fingerprint density at radius 2 is 1.33 bits per heavy atom. The van der Waals surface area contributed by atoms with Gasteiger partial charge in [-0.1, -0.05) is 39.5 Å². The van der Waals surface area contributed by atoms with Gasteiger partial charge in [-0.3, -0.25) is 19.2 Å². The lowest BCUT2D eigenvalue weighted by atomic mass is 9.98. The van der Waals surface area contributed by atoms with Crippen molar-refractivity contribution >= 4 is 23.9 Å². The van der Waals surface area contributed by atoms with E-state index in [0.29, 0.717) is 12.8 Å². The zero-order chi connectivity index (χ0) is 29.4. The first kappa shape index (κ1) is 34.7. The van der Waals surface area contributed by atoms with E-state index in [1.54, 1.807) is 0 Å². The normalized spacial score (nSPS) is 24.3. The average Bonchev–Trinajstić information content (AvgIpc) is 2.88. The van der Waals surface area contributed by atoms with E-state index < -0.39 is 86.6 Å². The third kappa shape index (κ3) is 13.1. The first-order valence-electron chi connectivity index (χ1n) is 13.5. The molecule has 0 aromatic rings. The highest BCUT2D eigenvalue weighted by atomic mass is 16.7. The van der Waals surface area contributed by atoms with Crippen molar-refractivity contribution in [1.29, 1.82) is 0 Å². The van der Waals surface area contributed by atoms with Crippen LogP contribution in [0.3, 0.4) is 0 Å². The highest BCUT2D eigenvalue weighted by Gasteiger charge is 2.53. The summed E-state index contributed by atoms with van der Waals surface area (Å²) in [5, 5.41) is 28.9. The molecule has 0 radical (unpaired) electrons. The second-order valence-corrected chi connectivity index (χ2v) is 9.39. The van der Waals surface area contributed by atoms with E-state index in [2.05, 4.69) is 0 Å². The number of hydrogen-bond acceptors (Lipinski definition) is 13. The van der Waals surface area contributed by atoms with E-state index in [-0.39, 0.29) is 12.8 Å². The quantitative estimate of drug-likeness (QED) is 0.121. The van der Waals surface area contributed by atoms with Gasteiger partial charge in [-0.05, 0) is 12.8 Å². The number of esters is 4. The fourth-order valence-electron chi connectivity index (χ4n) is 3.83. The molecule has 0 aromatic heterocycles. The van der Waals surface area contributed by atoms with Gasteiger partial charge in [-0.2, -0.15) is 0 Å². The maximum Gasteiger partial charge on any atom is 0.306 e. The lowest BCUT2D eigenvalue weighted by Crippen LogP contribution is -2.63. The summed E-state index contributed by atoms with van der Waals surface area (Å²) in [5.41, 5.74) is 0. The number of ether oxygens (including phenoxy) is 6. The van der Waals surface area contributed by atoms with Crippen LogP contribution in [-0.2, 0) is 47.6 Å². The van der Waals surface area contributed by atoms with Crippen LogP contribution >= 0.6 is 0 Å². The second-order valence-electron chi connectivity index (χ2n) is 9.39. The summed E-state index contributed by atoms with van der Waals surface area (Å²) < 4.78 is 33.3. The molecule has 0 spiro atoms. The van der Waals surface area contributed by atoms with Gasteiger partial charge < -0.3 is 43.7 Å². The molecule has 13 nitrogen and oxygen atoms in total. The SMILES string of the molecule is CCCCCC(=O)O[C@@H]1[C@H](OC(=O)CCCCC)[C@H](OC[C@@H](O)[C@H](O)CO)O[C@H](COC(C)=O)[C@H]1OC(C)=O. The number of hydrogen-bond donors (Lipinski definition) is 3. The van der Waals surface area contributed by atoms with Crippen molar-refractivity contribution in [3.05, 3.63) is 0 Å². The topological polar surface area (TPSA) is 184 Å². The van der Waals surface area contributed by atoms with Crippen LogP contribution in [0.4, 0.5) is 0 Å². The predicted octanol–water partition coefficient (Wildman–Crippen LogP) is 0.921. The molecule has 1 saturated heterocycles. The maximum atomic E-state index is 12.8. The van der Waals surface area contributed by atoms with Gasteiger partial charge in [0.1, 0.15) is 24.9 Å². The van der Waals surface area contributed by atoms with Gasteiger partial charge in [0.2, 0.25) is 0 Å². The molecular weight excluding hydrogens is 520 g/mol. The van der Waals surface area contributed by atoms with Gasteiger partial charge in [0.05, 0.1) is 13.2 Å². The van der Waals surface area contributed by atoms with Crippen LogP contribution in [0.5, 0.6) is 0 Å². The zero-order valence-corrected chi connectivity index (χ0v) is 23.2. The van der Waals surface area contributed by atoms with E-state index in [4.69, 9.17) is 33.5 Å². The molecule has 7 atom stereocenters. The Kier molecular flexibility index (Phi) is 16.8. The molecule has 1 rings (SSSR count). The number of carbonyl (C=O) groups excluding carboxylic acids is 4. The second kappa shape index (κ2) is 18.9. The van der Waals surface area contributed by atoms with Gasteiger partial charge in [0.15, 0.2) is 24.6 Å². The fourth-order valence-corrected chi connectivity index (χ4v) is 3.83. The van der Waals surface area contributed by atoms with Crippen LogP contribution in [0.15, 0.2) is 0 Å². The van der Waals surface area contributed by atoms with Gasteiger partial charge in [-0.25, -0.2) is 0 Å². The van der Waals surface area contributed by atoms with Crippen LogP contribution < -0.4 is 0 Å². The molecule has 0 saturated carbocycles. The standard InChI is InChI=1S/C26H44O13/c1-5-7-9-11-21(32)38-24-23(36-17(4)29)20(15-34-16(3)28)37-26(35-14-19(31)18(30)13-27)25(24)39-22(33)12-10-8-6-2/h18-20,23-27,30-31H,5-15H2,1-4H3/t18-,19-,20-,23-,24+,25+,26-/m1/s1. The van der Waals surface area contributed by atoms with Crippen LogP contribution in [0.2, 0.25) is 0 Å². The summed E-state index contributed by atoms with van der Waals surface area (Å²) in [4.78, 5) is 49.0. The Hall–Kier alpha value is -2.32. The molecule has 1 heterocycles. The minimum atomic E-state index is -1.53. The molecule has 0 bridgehead atoms. The molecule has 13 heteroatoms. The van der Waals surface area contributed by atoms with E-state index in [1.807, 2.05) is 13.8 Å². The third-order valence-electron chi connectivity index (χ3n) is 5.91. The number of aliphatic hydroxyl groups is 3. The van der Waals surface area contributed by atoms with Crippen molar-refractivity contribution in [3.63, 3.8) is 0 Å².